The summed E-state index contributed by atoms with van der Waals surface area (Å²) in [5, 5.41) is 8.88. The molecule has 3 nitrogen and oxygen atoms in total. The van der Waals surface area contributed by atoms with Gasteiger partial charge < -0.3 is 4.57 Å². The third-order valence-corrected chi connectivity index (χ3v) is 2.52. The van der Waals surface area contributed by atoms with E-state index in [2.05, 4.69) is 11.1 Å². The van der Waals surface area contributed by atoms with Gasteiger partial charge in [0.15, 0.2) is 5.69 Å². The van der Waals surface area contributed by atoms with Crippen molar-refractivity contribution in [2.45, 2.75) is 6.92 Å². The number of imidazole rings is 1. The molecule has 74 valence electrons. The van der Waals surface area contributed by atoms with E-state index in [9.17, 15) is 0 Å². The van der Waals surface area contributed by atoms with Crippen LogP contribution in [0.1, 0.15) is 11.4 Å². The van der Waals surface area contributed by atoms with Crippen LogP contribution in [0.4, 0.5) is 0 Å². The predicted molar refractivity (Wildman–Crippen MR) is 58.1 cm³/mol. The predicted octanol–water partition coefficient (Wildman–Crippen LogP) is 2.27. The number of nitriles is 1. The lowest BCUT2D eigenvalue weighted by molar-refractivity contribution is 0.883. The molecule has 1 heterocycles. The van der Waals surface area contributed by atoms with Crippen molar-refractivity contribution in [3.05, 3.63) is 41.7 Å². The first-order valence-corrected chi connectivity index (χ1v) is 4.73. The van der Waals surface area contributed by atoms with Crippen molar-refractivity contribution in [3.63, 3.8) is 0 Å². The molecule has 0 N–H and O–H groups in total. The summed E-state index contributed by atoms with van der Waals surface area (Å²) in [6.07, 6.45) is 0. The first kappa shape index (κ1) is 9.47. The fourth-order valence-corrected chi connectivity index (χ4v) is 1.53. The minimum Gasteiger partial charge on any atom is -0.330 e. The second-order valence-electron chi connectivity index (χ2n) is 3.41. The lowest BCUT2D eigenvalue weighted by Gasteiger charge is -2.01. The molecule has 0 atom stereocenters. The lowest BCUT2D eigenvalue weighted by atomic mass is 10.2. The van der Waals surface area contributed by atoms with E-state index in [0.717, 1.165) is 17.1 Å². The fourth-order valence-electron chi connectivity index (χ4n) is 1.53. The Morgan fingerprint density at radius 1 is 1.27 bits per heavy atom. The quantitative estimate of drug-likeness (QED) is 0.703. The first-order chi connectivity index (χ1) is 7.24. The van der Waals surface area contributed by atoms with E-state index in [4.69, 9.17) is 5.26 Å². The van der Waals surface area contributed by atoms with Gasteiger partial charge in [-0.15, -0.1) is 0 Å². The molecule has 2 aromatic rings. The van der Waals surface area contributed by atoms with Gasteiger partial charge in [0.05, 0.1) is 5.69 Å². The maximum atomic E-state index is 8.88. The summed E-state index contributed by atoms with van der Waals surface area (Å²) in [5.74, 6) is 0.838. The van der Waals surface area contributed by atoms with Crippen LogP contribution in [-0.2, 0) is 7.05 Å². The molecule has 0 saturated carbocycles. The summed E-state index contributed by atoms with van der Waals surface area (Å²) in [6, 6.07) is 12.0. The summed E-state index contributed by atoms with van der Waals surface area (Å²) in [5.41, 5.74) is 2.43. The van der Waals surface area contributed by atoms with Crippen molar-refractivity contribution in [3.8, 4) is 17.5 Å². The van der Waals surface area contributed by atoms with E-state index in [1.807, 2.05) is 48.9 Å². The van der Waals surface area contributed by atoms with Crippen molar-refractivity contribution in [2.75, 3.05) is 0 Å². The highest BCUT2D eigenvalue weighted by Crippen LogP contribution is 2.19. The van der Waals surface area contributed by atoms with Crippen molar-refractivity contribution in [1.29, 1.82) is 5.26 Å². The molecule has 0 saturated heterocycles. The van der Waals surface area contributed by atoms with Crippen LogP contribution in [0.15, 0.2) is 30.3 Å². The molecule has 3 heteroatoms. The average molecular weight is 197 g/mol. The van der Waals surface area contributed by atoms with Crippen LogP contribution in [0, 0.1) is 18.3 Å². The lowest BCUT2D eigenvalue weighted by Crippen LogP contribution is -1.94. The molecule has 0 aliphatic heterocycles. The Hall–Kier alpha value is -2.08. The normalized spacial score (nSPS) is 9.93. The molecule has 0 unspecified atom stereocenters. The molecular weight excluding hydrogens is 186 g/mol. The van der Waals surface area contributed by atoms with Crippen molar-refractivity contribution < 1.29 is 0 Å². The van der Waals surface area contributed by atoms with Crippen molar-refractivity contribution in [1.82, 2.24) is 9.55 Å². The van der Waals surface area contributed by atoms with E-state index >= 15 is 0 Å². The van der Waals surface area contributed by atoms with Crippen LogP contribution in [-0.4, -0.2) is 9.55 Å². The van der Waals surface area contributed by atoms with Crippen LogP contribution in [0.2, 0.25) is 0 Å². The number of aromatic nitrogens is 2. The van der Waals surface area contributed by atoms with Gasteiger partial charge in [-0.3, -0.25) is 0 Å². The number of hydrogen-bond acceptors (Lipinski definition) is 2. The molecule has 15 heavy (non-hydrogen) atoms. The number of nitrogens with zero attached hydrogens (tertiary/aromatic N) is 3. The van der Waals surface area contributed by atoms with Gasteiger partial charge in [0.25, 0.3) is 0 Å². The third kappa shape index (κ3) is 1.50. The van der Waals surface area contributed by atoms with E-state index in [1.54, 1.807) is 0 Å². The Bertz CT molecular complexity index is 518. The molecule has 0 amide bonds. The summed E-state index contributed by atoms with van der Waals surface area (Å²) >= 11 is 0. The van der Waals surface area contributed by atoms with Gasteiger partial charge in [0, 0.05) is 12.6 Å². The van der Waals surface area contributed by atoms with Gasteiger partial charge in [-0.1, -0.05) is 30.3 Å². The Labute approximate surface area is 88.6 Å². The molecule has 0 radical (unpaired) electrons. The minimum absolute atomic E-state index is 0.497. The van der Waals surface area contributed by atoms with Gasteiger partial charge >= 0.3 is 0 Å². The van der Waals surface area contributed by atoms with Gasteiger partial charge in [-0.05, 0) is 6.92 Å². The highest BCUT2D eigenvalue weighted by Gasteiger charge is 2.11. The van der Waals surface area contributed by atoms with Crippen LogP contribution in [0.3, 0.4) is 0 Å². The summed E-state index contributed by atoms with van der Waals surface area (Å²) in [4.78, 5) is 4.30. The molecule has 0 fully saturated rings. The number of benzene rings is 1. The minimum atomic E-state index is 0.497. The van der Waals surface area contributed by atoms with Crippen molar-refractivity contribution >= 4 is 0 Å². The maximum Gasteiger partial charge on any atom is 0.162 e. The topological polar surface area (TPSA) is 41.6 Å². The van der Waals surface area contributed by atoms with Crippen LogP contribution in [0.25, 0.3) is 11.4 Å². The van der Waals surface area contributed by atoms with Gasteiger partial charge in [0.2, 0.25) is 0 Å². The zero-order valence-electron chi connectivity index (χ0n) is 8.73. The van der Waals surface area contributed by atoms with Crippen LogP contribution >= 0.6 is 0 Å². The Morgan fingerprint density at radius 3 is 2.47 bits per heavy atom. The van der Waals surface area contributed by atoms with Crippen LogP contribution < -0.4 is 0 Å². The standard InChI is InChI=1S/C12H11N3/c1-9-11(8-13)14-12(15(9)2)10-6-4-3-5-7-10/h3-7H,1-2H3. The average Bonchev–Trinajstić information content (AvgIpc) is 2.57. The molecule has 1 aromatic heterocycles. The Kier molecular flexibility index (Phi) is 2.26. The number of hydrogen-bond donors (Lipinski definition) is 0. The zero-order chi connectivity index (χ0) is 10.8. The smallest absolute Gasteiger partial charge is 0.162 e. The van der Waals surface area contributed by atoms with E-state index in [-0.39, 0.29) is 0 Å². The van der Waals surface area contributed by atoms with E-state index < -0.39 is 0 Å². The van der Waals surface area contributed by atoms with Crippen LogP contribution in [0.5, 0.6) is 0 Å². The van der Waals surface area contributed by atoms with E-state index in [1.165, 1.54) is 0 Å². The first-order valence-electron chi connectivity index (χ1n) is 4.73. The SMILES string of the molecule is Cc1c(C#N)nc(-c2ccccc2)n1C. The molecule has 0 bridgehead atoms. The monoisotopic (exact) mass is 197 g/mol. The van der Waals surface area contributed by atoms with Gasteiger partial charge in [0.1, 0.15) is 11.9 Å². The molecule has 0 spiro atoms. The summed E-state index contributed by atoms with van der Waals surface area (Å²) in [7, 11) is 1.92. The van der Waals surface area contributed by atoms with Gasteiger partial charge in [-0.25, -0.2) is 4.98 Å². The highest BCUT2D eigenvalue weighted by molar-refractivity contribution is 5.57. The Morgan fingerprint density at radius 2 is 1.93 bits per heavy atom. The highest BCUT2D eigenvalue weighted by atomic mass is 15.1. The fraction of sp³-hybridized carbons (Fsp3) is 0.167. The van der Waals surface area contributed by atoms with Crippen molar-refractivity contribution in [2.24, 2.45) is 7.05 Å². The second kappa shape index (κ2) is 3.58. The number of rotatable bonds is 1. The molecule has 2 rings (SSSR count). The second-order valence-corrected chi connectivity index (χ2v) is 3.41. The molecular formula is C12H11N3. The third-order valence-electron chi connectivity index (χ3n) is 2.52. The zero-order valence-corrected chi connectivity index (χ0v) is 8.73. The van der Waals surface area contributed by atoms with Gasteiger partial charge in [-0.2, -0.15) is 5.26 Å². The molecule has 1 aromatic carbocycles. The Balaban J connectivity index is 2.61. The van der Waals surface area contributed by atoms with E-state index in [0.29, 0.717) is 5.69 Å². The summed E-state index contributed by atoms with van der Waals surface area (Å²) in [6.45, 7) is 1.90. The molecule has 0 aliphatic carbocycles. The molecule has 0 aliphatic rings. The summed E-state index contributed by atoms with van der Waals surface area (Å²) < 4.78 is 1.94. The maximum absolute atomic E-state index is 8.88. The largest absolute Gasteiger partial charge is 0.330 e.